The van der Waals surface area contributed by atoms with Crippen molar-refractivity contribution >= 4 is 12.2 Å². The molecule has 0 bridgehead atoms. The molecule has 2 saturated carbocycles. The van der Waals surface area contributed by atoms with Crippen molar-refractivity contribution in [2.75, 3.05) is 13.7 Å². The molecule has 5 heteroatoms. The van der Waals surface area contributed by atoms with Crippen LogP contribution in [0.4, 0.5) is 0 Å². The van der Waals surface area contributed by atoms with Crippen LogP contribution in [0.25, 0.3) is 0 Å². The molecule has 0 heterocycles. The predicted octanol–water partition coefficient (Wildman–Crippen LogP) is 7.30. The molecule has 3 unspecified atom stereocenters. The molecule has 5 nitrogen and oxygen atoms in total. The molecule has 2 aliphatic carbocycles. The highest BCUT2D eigenvalue weighted by atomic mass is 16.5. The molecule has 1 N–H and O–H groups in total. The third-order valence-corrected chi connectivity index (χ3v) is 8.33. The van der Waals surface area contributed by atoms with Crippen LogP contribution in [0.2, 0.25) is 0 Å². The number of unbranched alkanes of at least 4 members (excludes halogenated alkanes) is 2. The molecular weight excluding hydrogens is 474 g/mol. The molecular formula is C33H45NO4. The van der Waals surface area contributed by atoms with Gasteiger partial charge in [-0.25, -0.2) is 0 Å². The van der Waals surface area contributed by atoms with Crippen molar-refractivity contribution in [2.24, 2.45) is 17.8 Å². The molecule has 206 valence electrons. The van der Waals surface area contributed by atoms with Crippen LogP contribution < -0.4 is 14.8 Å². The lowest BCUT2D eigenvalue weighted by Crippen LogP contribution is -2.22. The molecule has 0 spiro atoms. The molecule has 3 atom stereocenters. The Kier molecular flexibility index (Phi) is 11.1. The first-order valence-electron chi connectivity index (χ1n) is 14.7. The summed E-state index contributed by atoms with van der Waals surface area (Å²) in [5.74, 6) is 4.18. The molecule has 0 aromatic heterocycles. The minimum Gasteiger partial charge on any atom is -0.496 e. The fourth-order valence-corrected chi connectivity index (χ4v) is 5.93. The van der Waals surface area contributed by atoms with Gasteiger partial charge in [0.1, 0.15) is 11.5 Å². The molecule has 2 aromatic rings. The monoisotopic (exact) mass is 519 g/mol. The first kappa shape index (κ1) is 28.2. The van der Waals surface area contributed by atoms with E-state index >= 15 is 0 Å². The van der Waals surface area contributed by atoms with Crippen LogP contribution in [0.1, 0.15) is 98.5 Å². The van der Waals surface area contributed by atoms with Crippen LogP contribution in [0.3, 0.4) is 0 Å². The minimum absolute atomic E-state index is 0.102. The minimum atomic E-state index is 0.102. The van der Waals surface area contributed by atoms with E-state index < -0.39 is 0 Å². The smallest absolute Gasteiger partial charge is 0.220 e. The highest BCUT2D eigenvalue weighted by molar-refractivity contribution is 5.79. The van der Waals surface area contributed by atoms with E-state index in [0.717, 1.165) is 43.3 Å². The second kappa shape index (κ2) is 14.9. The van der Waals surface area contributed by atoms with Gasteiger partial charge in [-0.15, -0.1) is 0 Å². The molecule has 1 amide bonds. The Morgan fingerprint density at radius 1 is 0.921 bits per heavy atom. The van der Waals surface area contributed by atoms with Crippen molar-refractivity contribution in [3.63, 3.8) is 0 Å². The third kappa shape index (κ3) is 9.18. The topological polar surface area (TPSA) is 64.6 Å². The van der Waals surface area contributed by atoms with Crippen LogP contribution in [0.5, 0.6) is 11.5 Å². The van der Waals surface area contributed by atoms with Gasteiger partial charge in [0.2, 0.25) is 5.91 Å². The molecule has 0 saturated heterocycles. The Hall–Kier alpha value is -2.82. The second-order valence-corrected chi connectivity index (χ2v) is 11.3. The number of amides is 1. The summed E-state index contributed by atoms with van der Waals surface area (Å²) in [7, 11) is 1.54. The summed E-state index contributed by atoms with van der Waals surface area (Å²) < 4.78 is 11.0. The Morgan fingerprint density at radius 3 is 2.50 bits per heavy atom. The van der Waals surface area contributed by atoms with Gasteiger partial charge < -0.3 is 14.8 Å². The molecule has 38 heavy (non-hydrogen) atoms. The number of hydrogen-bond acceptors (Lipinski definition) is 4. The lowest BCUT2D eigenvalue weighted by molar-refractivity contribution is -0.121. The number of ether oxygens (including phenoxy) is 2. The fourth-order valence-electron chi connectivity index (χ4n) is 5.93. The zero-order chi connectivity index (χ0) is 26.6. The number of hydrogen-bond donors (Lipinski definition) is 1. The van der Waals surface area contributed by atoms with E-state index in [1.807, 2.05) is 0 Å². The van der Waals surface area contributed by atoms with Crippen molar-refractivity contribution in [1.82, 2.24) is 5.32 Å². The summed E-state index contributed by atoms with van der Waals surface area (Å²) in [5, 5.41) is 3.07. The fraction of sp³-hybridized carbons (Fsp3) is 0.576. The number of carbonyl (C=O) groups is 2. The molecule has 0 radical (unpaired) electrons. The summed E-state index contributed by atoms with van der Waals surface area (Å²) in [4.78, 5) is 23.3. The quantitative estimate of drug-likeness (QED) is 0.223. The predicted molar refractivity (Wildman–Crippen MR) is 152 cm³/mol. The third-order valence-electron chi connectivity index (χ3n) is 8.33. The van der Waals surface area contributed by atoms with E-state index in [4.69, 9.17) is 9.47 Å². The largest absolute Gasteiger partial charge is 0.496 e. The highest BCUT2D eigenvalue weighted by Crippen LogP contribution is 2.48. The summed E-state index contributed by atoms with van der Waals surface area (Å²) >= 11 is 0. The number of carbonyl (C=O) groups excluding carboxylic acids is 2. The molecule has 0 aliphatic heterocycles. The number of methoxy groups -OCH3 is 1. The average Bonchev–Trinajstić information content (AvgIpc) is 3.69. The van der Waals surface area contributed by atoms with E-state index in [1.54, 1.807) is 18.2 Å². The van der Waals surface area contributed by atoms with Gasteiger partial charge in [-0.3, -0.25) is 9.59 Å². The number of aldehydes is 1. The molecule has 2 fully saturated rings. The number of rotatable bonds is 13. The average molecular weight is 520 g/mol. The molecule has 2 aliphatic rings. The van der Waals surface area contributed by atoms with Gasteiger partial charge in [0.05, 0.1) is 19.3 Å². The van der Waals surface area contributed by atoms with Crippen molar-refractivity contribution in [1.29, 1.82) is 0 Å². The maximum absolute atomic E-state index is 12.3. The van der Waals surface area contributed by atoms with Crippen LogP contribution in [0.15, 0.2) is 42.5 Å². The van der Waals surface area contributed by atoms with Gasteiger partial charge in [0.25, 0.3) is 0 Å². The van der Waals surface area contributed by atoms with Crippen molar-refractivity contribution in [2.45, 2.75) is 90.0 Å². The normalized spacial score (nSPS) is 21.1. The zero-order valence-electron chi connectivity index (χ0n) is 23.1. The van der Waals surface area contributed by atoms with Gasteiger partial charge in [-0.1, -0.05) is 62.8 Å². The standard InChI is InChI=1S/C33H45NO4/c1-37-32-22-31(17-16-29(32)24-35)38-18-8-4-7-11-33(36)34-23-26-14-12-25(13-15-26)19-27-9-5-2-3-6-10-28-21-30(28)20-27/h12-17,22,24,27-28,30H,2-11,18-21,23H2,1H3,(H,34,36). The summed E-state index contributed by atoms with van der Waals surface area (Å²) in [6, 6.07) is 14.1. The number of fused-ring (bicyclic) bond motifs is 1. The van der Waals surface area contributed by atoms with Gasteiger partial charge in [-0.2, -0.15) is 0 Å². The summed E-state index contributed by atoms with van der Waals surface area (Å²) in [6.45, 7) is 1.16. The Balaban J connectivity index is 1.08. The lowest BCUT2D eigenvalue weighted by Gasteiger charge is -2.19. The van der Waals surface area contributed by atoms with E-state index in [0.29, 0.717) is 36.6 Å². The van der Waals surface area contributed by atoms with Crippen molar-refractivity contribution < 1.29 is 19.1 Å². The number of benzene rings is 2. The molecule has 2 aromatic carbocycles. The van der Waals surface area contributed by atoms with Crippen molar-refractivity contribution in [3.8, 4) is 11.5 Å². The van der Waals surface area contributed by atoms with Gasteiger partial charge in [-0.05, 0) is 79.5 Å². The Morgan fingerprint density at radius 2 is 1.71 bits per heavy atom. The lowest BCUT2D eigenvalue weighted by atomic mass is 9.87. The second-order valence-electron chi connectivity index (χ2n) is 11.3. The zero-order valence-corrected chi connectivity index (χ0v) is 23.1. The van der Waals surface area contributed by atoms with Crippen LogP contribution in [-0.4, -0.2) is 25.9 Å². The SMILES string of the molecule is COc1cc(OCCCCCC(=O)NCc2ccc(CC3CCCCCCC4CC4C3)cc2)ccc1C=O. The van der Waals surface area contributed by atoms with Gasteiger partial charge >= 0.3 is 0 Å². The van der Waals surface area contributed by atoms with E-state index in [9.17, 15) is 9.59 Å². The molecule has 4 rings (SSSR count). The first-order chi connectivity index (χ1) is 18.6. The summed E-state index contributed by atoms with van der Waals surface area (Å²) in [6.07, 6.45) is 16.6. The van der Waals surface area contributed by atoms with Crippen LogP contribution in [-0.2, 0) is 17.8 Å². The van der Waals surface area contributed by atoms with Gasteiger partial charge in [0.15, 0.2) is 6.29 Å². The number of nitrogens with one attached hydrogen (secondary N) is 1. The maximum atomic E-state index is 12.3. The Bertz CT molecular complexity index is 1020. The Labute approximate surface area is 228 Å². The highest BCUT2D eigenvalue weighted by Gasteiger charge is 2.37. The first-order valence-corrected chi connectivity index (χ1v) is 14.7. The van der Waals surface area contributed by atoms with E-state index in [-0.39, 0.29) is 5.91 Å². The van der Waals surface area contributed by atoms with Crippen molar-refractivity contribution in [3.05, 3.63) is 59.2 Å². The van der Waals surface area contributed by atoms with Gasteiger partial charge in [0, 0.05) is 19.0 Å². The van der Waals surface area contributed by atoms with Crippen LogP contribution in [0, 0.1) is 17.8 Å². The van der Waals surface area contributed by atoms with E-state index in [1.165, 1.54) is 76.0 Å². The van der Waals surface area contributed by atoms with Crippen LogP contribution >= 0.6 is 0 Å². The van der Waals surface area contributed by atoms with E-state index in [2.05, 4.69) is 29.6 Å². The summed E-state index contributed by atoms with van der Waals surface area (Å²) in [5.41, 5.74) is 3.12. The maximum Gasteiger partial charge on any atom is 0.220 e.